The summed E-state index contributed by atoms with van der Waals surface area (Å²) < 4.78 is 28.4. The van der Waals surface area contributed by atoms with E-state index in [0.29, 0.717) is 38.4 Å². The summed E-state index contributed by atoms with van der Waals surface area (Å²) in [6.07, 6.45) is 0.455. The third kappa shape index (κ3) is 5.09. The molecular weight excluding hydrogens is 450 g/mol. The van der Waals surface area contributed by atoms with Gasteiger partial charge in [-0.15, -0.1) is 9.78 Å². The molecule has 0 unspecified atom stereocenters. The van der Waals surface area contributed by atoms with Crippen molar-refractivity contribution < 1.29 is 13.6 Å². The molecular formula is C26H24F2N6O. The summed E-state index contributed by atoms with van der Waals surface area (Å²) >= 11 is 0. The molecule has 7 nitrogen and oxygen atoms in total. The van der Waals surface area contributed by atoms with Crippen LogP contribution >= 0.6 is 0 Å². The normalized spacial score (nSPS) is 14.4. The second kappa shape index (κ2) is 10.1. The first-order valence-corrected chi connectivity index (χ1v) is 11.4. The molecule has 2 heterocycles. The maximum absolute atomic E-state index is 13.6. The lowest BCUT2D eigenvalue weighted by molar-refractivity contribution is 0.119. The van der Waals surface area contributed by atoms with E-state index >= 15 is 0 Å². The third-order valence-electron chi connectivity index (χ3n) is 6.24. The molecule has 0 atom stereocenters. The van der Waals surface area contributed by atoms with Gasteiger partial charge in [-0.25, -0.2) is 13.6 Å². The first-order valence-electron chi connectivity index (χ1n) is 11.4. The number of halogens is 2. The van der Waals surface area contributed by atoms with E-state index < -0.39 is 0 Å². The fourth-order valence-corrected chi connectivity index (χ4v) is 4.45. The average molecular weight is 475 g/mol. The predicted octanol–water partition coefficient (Wildman–Crippen LogP) is 3.92. The number of tetrazole rings is 1. The Hall–Kier alpha value is -3.98. The molecule has 1 fully saturated rings. The van der Waals surface area contributed by atoms with E-state index in [0.717, 1.165) is 16.7 Å². The van der Waals surface area contributed by atoms with E-state index in [4.69, 9.17) is 0 Å². The van der Waals surface area contributed by atoms with Gasteiger partial charge in [-0.3, -0.25) is 4.90 Å². The Morgan fingerprint density at radius 1 is 0.800 bits per heavy atom. The molecule has 3 aromatic carbocycles. The Bertz CT molecular complexity index is 1220. The Morgan fingerprint density at radius 3 is 1.94 bits per heavy atom. The standard InChI is InChI=1S/C26H24F2N6O/c27-22-10-6-20(7-11-22)25(21-8-12-23(28)13-9-21)32-14-16-33(17-15-32)26(35)34-24(29-30-31-34)18-19-4-2-1-3-5-19/h1-13,25H,14-18H2. The number of amides is 1. The van der Waals surface area contributed by atoms with Crippen LogP contribution < -0.4 is 0 Å². The van der Waals surface area contributed by atoms with Crippen molar-refractivity contribution in [2.45, 2.75) is 12.5 Å². The highest BCUT2D eigenvalue weighted by Gasteiger charge is 2.30. The van der Waals surface area contributed by atoms with Gasteiger partial charge in [0.2, 0.25) is 0 Å². The van der Waals surface area contributed by atoms with Crippen molar-refractivity contribution in [3.05, 3.63) is 113 Å². The number of hydrogen-bond acceptors (Lipinski definition) is 5. The number of carbonyl (C=O) groups is 1. The van der Waals surface area contributed by atoms with Crippen LogP contribution in [0.25, 0.3) is 0 Å². The van der Waals surface area contributed by atoms with Crippen LogP contribution in [-0.4, -0.2) is 62.2 Å². The maximum Gasteiger partial charge on any atom is 0.347 e. The molecule has 1 aliphatic rings. The number of carbonyl (C=O) groups excluding carboxylic acids is 1. The Morgan fingerprint density at radius 2 is 1.37 bits per heavy atom. The molecule has 1 saturated heterocycles. The van der Waals surface area contributed by atoms with Gasteiger partial charge in [-0.2, -0.15) is 0 Å². The average Bonchev–Trinajstić information content (AvgIpc) is 3.35. The monoisotopic (exact) mass is 474 g/mol. The Balaban J connectivity index is 1.31. The van der Waals surface area contributed by atoms with Gasteiger partial charge in [-0.05, 0) is 51.4 Å². The van der Waals surface area contributed by atoms with Crippen LogP contribution in [0.2, 0.25) is 0 Å². The van der Waals surface area contributed by atoms with E-state index in [9.17, 15) is 13.6 Å². The lowest BCUT2D eigenvalue weighted by atomic mass is 9.96. The number of rotatable bonds is 5. The highest BCUT2D eigenvalue weighted by atomic mass is 19.1. The van der Waals surface area contributed by atoms with Gasteiger partial charge >= 0.3 is 6.03 Å². The van der Waals surface area contributed by atoms with Crippen molar-refractivity contribution in [2.75, 3.05) is 26.2 Å². The summed E-state index contributed by atoms with van der Waals surface area (Å²) in [4.78, 5) is 17.2. The van der Waals surface area contributed by atoms with Crippen LogP contribution in [0.15, 0.2) is 78.9 Å². The van der Waals surface area contributed by atoms with Crippen LogP contribution in [0.1, 0.15) is 28.6 Å². The molecule has 4 aromatic rings. The molecule has 1 amide bonds. The number of piperazine rings is 1. The highest BCUT2D eigenvalue weighted by Crippen LogP contribution is 2.30. The SMILES string of the molecule is O=C(N1CCN(C(c2ccc(F)cc2)c2ccc(F)cc2)CC1)n1nnnc1Cc1ccccc1. The summed E-state index contributed by atoms with van der Waals surface area (Å²) in [7, 11) is 0. The van der Waals surface area contributed by atoms with Gasteiger partial charge in [-0.1, -0.05) is 54.6 Å². The molecule has 5 rings (SSSR count). The zero-order chi connectivity index (χ0) is 24.2. The Kier molecular flexibility index (Phi) is 6.58. The summed E-state index contributed by atoms with van der Waals surface area (Å²) in [6.45, 7) is 2.12. The van der Waals surface area contributed by atoms with E-state index in [2.05, 4.69) is 20.4 Å². The third-order valence-corrected chi connectivity index (χ3v) is 6.24. The predicted molar refractivity (Wildman–Crippen MR) is 126 cm³/mol. The highest BCUT2D eigenvalue weighted by molar-refractivity contribution is 5.76. The van der Waals surface area contributed by atoms with Crippen LogP contribution in [-0.2, 0) is 6.42 Å². The molecule has 0 bridgehead atoms. The molecule has 178 valence electrons. The smallest absolute Gasteiger partial charge is 0.320 e. The lowest BCUT2D eigenvalue weighted by Gasteiger charge is -2.39. The number of aromatic nitrogens is 4. The van der Waals surface area contributed by atoms with E-state index in [1.807, 2.05) is 30.3 Å². The van der Waals surface area contributed by atoms with Crippen LogP contribution in [0.3, 0.4) is 0 Å². The number of hydrogen-bond donors (Lipinski definition) is 0. The molecule has 0 spiro atoms. The van der Waals surface area contributed by atoms with Crippen molar-refractivity contribution in [3.63, 3.8) is 0 Å². The lowest BCUT2D eigenvalue weighted by Crippen LogP contribution is -2.51. The molecule has 0 saturated carbocycles. The van der Waals surface area contributed by atoms with Gasteiger partial charge in [0.1, 0.15) is 11.6 Å². The molecule has 0 N–H and O–H groups in total. The second-order valence-electron chi connectivity index (χ2n) is 8.48. The van der Waals surface area contributed by atoms with Gasteiger partial charge in [0.15, 0.2) is 5.82 Å². The summed E-state index contributed by atoms with van der Waals surface area (Å²) in [6, 6.07) is 22.0. The summed E-state index contributed by atoms with van der Waals surface area (Å²) in [5.41, 5.74) is 2.83. The minimum Gasteiger partial charge on any atom is -0.320 e. The van der Waals surface area contributed by atoms with Gasteiger partial charge in [0, 0.05) is 32.6 Å². The number of benzene rings is 3. The Labute approximate surface area is 201 Å². The molecule has 0 aliphatic carbocycles. The van der Waals surface area contributed by atoms with Crippen molar-refractivity contribution in [2.24, 2.45) is 0 Å². The van der Waals surface area contributed by atoms with Crippen molar-refractivity contribution in [3.8, 4) is 0 Å². The summed E-state index contributed by atoms with van der Waals surface area (Å²) in [5.74, 6) is -0.135. The van der Waals surface area contributed by atoms with Gasteiger partial charge in [0.25, 0.3) is 0 Å². The fourth-order valence-electron chi connectivity index (χ4n) is 4.45. The molecule has 1 aromatic heterocycles. The van der Waals surface area contributed by atoms with Crippen molar-refractivity contribution >= 4 is 6.03 Å². The topological polar surface area (TPSA) is 67.2 Å². The largest absolute Gasteiger partial charge is 0.347 e. The zero-order valence-electron chi connectivity index (χ0n) is 19.0. The second-order valence-corrected chi connectivity index (χ2v) is 8.48. The number of nitrogens with zero attached hydrogens (tertiary/aromatic N) is 6. The quantitative estimate of drug-likeness (QED) is 0.410. The van der Waals surface area contributed by atoms with Gasteiger partial charge < -0.3 is 4.90 Å². The minimum atomic E-state index is -0.310. The molecule has 9 heteroatoms. The maximum atomic E-state index is 13.6. The van der Waals surface area contributed by atoms with Crippen LogP contribution in [0, 0.1) is 11.6 Å². The van der Waals surface area contributed by atoms with Crippen LogP contribution in [0.5, 0.6) is 0 Å². The van der Waals surface area contributed by atoms with Gasteiger partial charge in [0.05, 0.1) is 6.04 Å². The fraction of sp³-hybridized carbons (Fsp3) is 0.231. The molecule has 0 radical (unpaired) electrons. The van der Waals surface area contributed by atoms with Crippen LogP contribution in [0.4, 0.5) is 13.6 Å². The molecule has 1 aliphatic heterocycles. The zero-order valence-corrected chi connectivity index (χ0v) is 19.0. The minimum absolute atomic E-state index is 0.185. The first kappa shape index (κ1) is 22.8. The van der Waals surface area contributed by atoms with E-state index in [-0.39, 0.29) is 23.7 Å². The molecule has 35 heavy (non-hydrogen) atoms. The van der Waals surface area contributed by atoms with E-state index in [1.165, 1.54) is 28.9 Å². The van der Waals surface area contributed by atoms with E-state index in [1.54, 1.807) is 29.2 Å². The first-order chi connectivity index (χ1) is 17.1. The summed E-state index contributed by atoms with van der Waals surface area (Å²) in [5, 5.41) is 11.7. The van der Waals surface area contributed by atoms with Crippen molar-refractivity contribution in [1.82, 2.24) is 30.0 Å². The van der Waals surface area contributed by atoms with Crippen molar-refractivity contribution in [1.29, 1.82) is 0 Å².